The summed E-state index contributed by atoms with van der Waals surface area (Å²) in [6, 6.07) is -0.0576. The largest absolute Gasteiger partial charge is 0.409 e. The van der Waals surface area contributed by atoms with E-state index < -0.39 is 0 Å². The zero-order valence-corrected chi connectivity index (χ0v) is 8.72. The van der Waals surface area contributed by atoms with Crippen LogP contribution in [0.2, 0.25) is 0 Å². The summed E-state index contributed by atoms with van der Waals surface area (Å²) in [5.74, 6) is 0.774. The molecule has 0 aromatic carbocycles. The third-order valence-corrected chi connectivity index (χ3v) is 2.96. The number of nitrogens with two attached hydrogens (primary N) is 1. The molecule has 1 fully saturated rings. The van der Waals surface area contributed by atoms with Crippen molar-refractivity contribution in [3.05, 3.63) is 0 Å². The Morgan fingerprint density at radius 2 is 2.21 bits per heavy atom. The topological polar surface area (TPSA) is 82.1 Å². The van der Waals surface area contributed by atoms with Gasteiger partial charge in [-0.25, -0.2) is 0 Å². The van der Waals surface area contributed by atoms with E-state index in [9.17, 15) is 0 Å². The van der Waals surface area contributed by atoms with Gasteiger partial charge < -0.3 is 16.0 Å². The van der Waals surface area contributed by atoms with Crippen LogP contribution in [0, 0.1) is 5.92 Å². The first kappa shape index (κ1) is 11.3. The van der Waals surface area contributed by atoms with Crippen LogP contribution in [0.25, 0.3) is 0 Å². The molecule has 0 heterocycles. The van der Waals surface area contributed by atoms with E-state index >= 15 is 0 Å². The second-order valence-corrected chi connectivity index (χ2v) is 4.13. The van der Waals surface area contributed by atoms with Crippen LogP contribution in [0.1, 0.15) is 19.8 Å². The summed E-state index contributed by atoms with van der Waals surface area (Å²) in [7, 11) is 1.94. The number of oxime groups is 1. The molecule has 1 atom stereocenters. The molecule has 0 saturated heterocycles. The van der Waals surface area contributed by atoms with Gasteiger partial charge >= 0.3 is 0 Å². The number of aliphatic hydroxyl groups excluding tert-OH is 1. The first-order chi connectivity index (χ1) is 6.54. The van der Waals surface area contributed by atoms with Gasteiger partial charge in [-0.2, -0.15) is 0 Å². The van der Waals surface area contributed by atoms with Gasteiger partial charge in [-0.1, -0.05) is 5.16 Å². The highest BCUT2D eigenvalue weighted by Gasteiger charge is 2.29. The Bertz CT molecular complexity index is 214. The zero-order valence-electron chi connectivity index (χ0n) is 8.72. The Morgan fingerprint density at radius 3 is 2.64 bits per heavy atom. The molecule has 1 unspecified atom stereocenters. The molecule has 0 spiro atoms. The van der Waals surface area contributed by atoms with Gasteiger partial charge in [0.15, 0.2) is 5.84 Å². The molecule has 1 saturated carbocycles. The predicted molar refractivity (Wildman–Crippen MR) is 54.2 cm³/mol. The molecular formula is C9H19N3O2. The van der Waals surface area contributed by atoms with Crippen LogP contribution in [0.5, 0.6) is 0 Å². The molecule has 0 aromatic rings. The van der Waals surface area contributed by atoms with Gasteiger partial charge in [0, 0.05) is 6.54 Å². The zero-order chi connectivity index (χ0) is 10.7. The summed E-state index contributed by atoms with van der Waals surface area (Å²) in [6.45, 7) is 2.78. The van der Waals surface area contributed by atoms with E-state index in [1.165, 1.54) is 0 Å². The maximum atomic E-state index is 9.12. The minimum Gasteiger partial charge on any atom is -0.409 e. The van der Waals surface area contributed by atoms with Gasteiger partial charge in [0.1, 0.15) is 0 Å². The number of aliphatic hydroxyl groups is 1. The lowest BCUT2D eigenvalue weighted by Gasteiger charge is -2.36. The van der Waals surface area contributed by atoms with Crippen molar-refractivity contribution in [3.63, 3.8) is 0 Å². The normalized spacial score (nSPS) is 30.1. The Morgan fingerprint density at radius 1 is 1.64 bits per heavy atom. The summed E-state index contributed by atoms with van der Waals surface area (Å²) in [5.41, 5.74) is 5.49. The van der Waals surface area contributed by atoms with Crippen molar-refractivity contribution >= 4 is 5.84 Å². The maximum absolute atomic E-state index is 9.12. The lowest BCUT2D eigenvalue weighted by atomic mass is 9.82. The average molecular weight is 201 g/mol. The molecule has 5 nitrogen and oxygen atoms in total. The van der Waals surface area contributed by atoms with Crippen LogP contribution in [0.15, 0.2) is 5.16 Å². The van der Waals surface area contributed by atoms with Crippen molar-refractivity contribution in [3.8, 4) is 0 Å². The number of nitrogens with zero attached hydrogens (tertiary/aromatic N) is 2. The highest BCUT2D eigenvalue weighted by Crippen LogP contribution is 2.27. The summed E-state index contributed by atoms with van der Waals surface area (Å²) in [5, 5.41) is 20.6. The number of hydrogen-bond donors (Lipinski definition) is 3. The predicted octanol–water partition coefficient (Wildman–Crippen LogP) is -0.176. The second kappa shape index (κ2) is 4.61. The molecule has 1 aliphatic carbocycles. The molecule has 1 aliphatic rings. The first-order valence-corrected chi connectivity index (χ1v) is 4.90. The van der Waals surface area contributed by atoms with Crippen LogP contribution in [0.3, 0.4) is 0 Å². The average Bonchev–Trinajstić information content (AvgIpc) is 2.12. The van der Waals surface area contributed by atoms with Crippen molar-refractivity contribution in [2.75, 3.05) is 13.6 Å². The molecule has 0 amide bonds. The number of likely N-dealkylation sites (N-methyl/N-ethyl adjacent to an activating group) is 1. The summed E-state index contributed by atoms with van der Waals surface area (Å²) in [4.78, 5) is 2.03. The first-order valence-electron chi connectivity index (χ1n) is 4.90. The lowest BCUT2D eigenvalue weighted by molar-refractivity contribution is 0.0265. The van der Waals surface area contributed by atoms with Crippen LogP contribution in [0.4, 0.5) is 0 Å². The molecule has 82 valence electrons. The molecule has 0 aliphatic heterocycles. The lowest BCUT2D eigenvalue weighted by Crippen LogP contribution is -2.45. The molecule has 0 bridgehead atoms. The monoisotopic (exact) mass is 201 g/mol. The fourth-order valence-corrected chi connectivity index (χ4v) is 1.72. The fraction of sp³-hybridized carbons (Fsp3) is 0.889. The highest BCUT2D eigenvalue weighted by atomic mass is 16.4. The Balaban J connectivity index is 2.30. The minimum atomic E-state index is -0.118. The van der Waals surface area contributed by atoms with Gasteiger partial charge in [-0.3, -0.25) is 4.90 Å². The Labute approximate surface area is 84.2 Å². The van der Waals surface area contributed by atoms with E-state index in [0.717, 1.165) is 19.4 Å². The Kier molecular flexibility index (Phi) is 3.71. The second-order valence-electron chi connectivity index (χ2n) is 4.13. The molecule has 4 N–H and O–H groups in total. The van der Waals surface area contributed by atoms with E-state index in [1.54, 1.807) is 0 Å². The maximum Gasteiger partial charge on any atom is 0.156 e. The van der Waals surface area contributed by atoms with Gasteiger partial charge in [-0.15, -0.1) is 0 Å². The van der Waals surface area contributed by atoms with Gasteiger partial charge in [-0.05, 0) is 32.7 Å². The summed E-state index contributed by atoms with van der Waals surface area (Å²) < 4.78 is 0. The minimum absolute atomic E-state index is 0.0576. The molecule has 0 aromatic heterocycles. The number of amidine groups is 1. The van der Waals surface area contributed by atoms with Crippen molar-refractivity contribution < 1.29 is 10.3 Å². The molecular weight excluding hydrogens is 182 g/mol. The summed E-state index contributed by atoms with van der Waals surface area (Å²) in [6.07, 6.45) is 1.62. The SMILES string of the molecule is CC(C(N)=NO)N(C)CC1CC(O)C1. The smallest absolute Gasteiger partial charge is 0.156 e. The fourth-order valence-electron chi connectivity index (χ4n) is 1.72. The summed E-state index contributed by atoms with van der Waals surface area (Å²) >= 11 is 0. The Hall–Kier alpha value is -0.810. The third kappa shape index (κ3) is 2.59. The van der Waals surface area contributed by atoms with Crippen LogP contribution < -0.4 is 5.73 Å². The van der Waals surface area contributed by atoms with E-state index in [-0.39, 0.29) is 18.0 Å². The van der Waals surface area contributed by atoms with Crippen LogP contribution in [-0.2, 0) is 0 Å². The van der Waals surface area contributed by atoms with Crippen LogP contribution >= 0.6 is 0 Å². The quantitative estimate of drug-likeness (QED) is 0.255. The van der Waals surface area contributed by atoms with E-state index in [0.29, 0.717) is 5.92 Å². The number of hydrogen-bond acceptors (Lipinski definition) is 4. The molecule has 14 heavy (non-hydrogen) atoms. The van der Waals surface area contributed by atoms with Crippen LogP contribution in [-0.4, -0.2) is 46.8 Å². The molecule has 0 radical (unpaired) electrons. The third-order valence-electron chi connectivity index (χ3n) is 2.96. The van der Waals surface area contributed by atoms with E-state index in [2.05, 4.69) is 5.16 Å². The van der Waals surface area contributed by atoms with Gasteiger partial charge in [0.2, 0.25) is 0 Å². The standard InChI is InChI=1S/C9H19N3O2/c1-6(9(10)11-14)12(2)5-7-3-8(13)4-7/h6-8,13-14H,3-5H2,1-2H3,(H2,10,11). The van der Waals surface area contributed by atoms with Crippen molar-refractivity contribution in [1.82, 2.24) is 4.90 Å². The van der Waals surface area contributed by atoms with Gasteiger partial charge in [0.05, 0.1) is 12.1 Å². The van der Waals surface area contributed by atoms with Gasteiger partial charge in [0.25, 0.3) is 0 Å². The van der Waals surface area contributed by atoms with Crippen molar-refractivity contribution in [2.24, 2.45) is 16.8 Å². The van der Waals surface area contributed by atoms with E-state index in [4.69, 9.17) is 16.0 Å². The number of rotatable bonds is 4. The highest BCUT2D eigenvalue weighted by molar-refractivity contribution is 5.84. The molecule has 1 rings (SSSR count). The van der Waals surface area contributed by atoms with E-state index in [1.807, 2.05) is 18.9 Å². The van der Waals surface area contributed by atoms with Crippen molar-refractivity contribution in [2.45, 2.75) is 31.9 Å². The molecule has 5 heteroatoms. The van der Waals surface area contributed by atoms with Crippen molar-refractivity contribution in [1.29, 1.82) is 0 Å².